The summed E-state index contributed by atoms with van der Waals surface area (Å²) in [5, 5.41) is 11.5. The number of carbonyl (C=O) groups is 2. The molecule has 7 nitrogen and oxygen atoms in total. The molecule has 0 bridgehead atoms. The predicted octanol–water partition coefficient (Wildman–Crippen LogP) is 1.96. The van der Waals surface area contributed by atoms with Gasteiger partial charge in [-0.05, 0) is 37.6 Å². The molecule has 1 unspecified atom stereocenters. The highest BCUT2D eigenvalue weighted by Crippen LogP contribution is 2.36. The van der Waals surface area contributed by atoms with E-state index in [0.717, 1.165) is 11.6 Å². The van der Waals surface area contributed by atoms with Crippen molar-refractivity contribution in [3.63, 3.8) is 0 Å². The van der Waals surface area contributed by atoms with Crippen molar-refractivity contribution < 1.29 is 23.1 Å². The highest BCUT2D eigenvalue weighted by Gasteiger charge is 2.27. The molecule has 25 heavy (non-hydrogen) atoms. The number of hydrogen-bond donors (Lipinski definition) is 3. The van der Waals surface area contributed by atoms with E-state index in [-0.39, 0.29) is 24.7 Å². The van der Waals surface area contributed by atoms with Crippen molar-refractivity contribution >= 4 is 49.6 Å². The maximum Gasteiger partial charge on any atom is 0.253 e. The molecule has 1 atom stereocenters. The monoisotopic (exact) mass is 402 g/mol. The summed E-state index contributed by atoms with van der Waals surface area (Å²) in [4.78, 5) is 23.1. The average Bonchev–Trinajstić information content (AvgIpc) is 2.91. The quantitative estimate of drug-likeness (QED) is 0.704. The van der Waals surface area contributed by atoms with Gasteiger partial charge in [0, 0.05) is 0 Å². The Labute approximate surface area is 153 Å². The number of amides is 2. The van der Waals surface area contributed by atoms with Crippen molar-refractivity contribution in [3.8, 4) is 0 Å². The fourth-order valence-corrected chi connectivity index (χ4v) is 5.27. The maximum atomic E-state index is 12.8. The number of sulfone groups is 1. The van der Waals surface area contributed by atoms with E-state index < -0.39 is 27.8 Å². The Morgan fingerprint density at radius 1 is 1.32 bits per heavy atom. The number of anilines is 1. The molecule has 2 rings (SSSR count). The molecule has 2 aromatic rings. The minimum Gasteiger partial charge on any atom is -0.384 e. The van der Waals surface area contributed by atoms with Crippen molar-refractivity contribution in [2.45, 2.75) is 29.1 Å². The Morgan fingerprint density at radius 2 is 1.96 bits per heavy atom. The number of aryl methyl sites for hydroxylation is 1. The summed E-state index contributed by atoms with van der Waals surface area (Å²) in [7, 11) is -4.01. The van der Waals surface area contributed by atoms with E-state index in [1.165, 1.54) is 19.1 Å². The van der Waals surface area contributed by atoms with Gasteiger partial charge in [-0.1, -0.05) is 17.7 Å². The second-order valence-corrected chi connectivity index (χ2v) is 8.88. The minimum absolute atomic E-state index is 0.0450. The molecule has 0 aliphatic carbocycles. The number of primary amides is 1. The zero-order valence-electron chi connectivity index (χ0n) is 13.2. The zero-order chi connectivity index (χ0) is 18.9. The van der Waals surface area contributed by atoms with Gasteiger partial charge < -0.3 is 16.2 Å². The van der Waals surface area contributed by atoms with Gasteiger partial charge in [0.15, 0.2) is 0 Å². The van der Waals surface area contributed by atoms with Gasteiger partial charge >= 0.3 is 0 Å². The summed E-state index contributed by atoms with van der Waals surface area (Å²) in [6.07, 6.45) is -1.34. The van der Waals surface area contributed by atoms with Crippen LogP contribution in [0.1, 0.15) is 22.8 Å². The highest BCUT2D eigenvalue weighted by molar-refractivity contribution is 7.93. The first-order valence-electron chi connectivity index (χ1n) is 6.98. The number of thiophene rings is 1. The van der Waals surface area contributed by atoms with E-state index in [0.29, 0.717) is 11.3 Å². The summed E-state index contributed by atoms with van der Waals surface area (Å²) < 4.78 is 25.4. The lowest BCUT2D eigenvalue weighted by atomic mass is 10.2. The second kappa shape index (κ2) is 7.12. The number of carbonyl (C=O) groups excluding carboxylic acids is 2. The number of halogens is 1. The first-order chi connectivity index (χ1) is 11.5. The molecule has 0 saturated carbocycles. The molecule has 4 N–H and O–H groups in total. The lowest BCUT2D eigenvalue weighted by Crippen LogP contribution is -2.25. The molecule has 0 aliphatic rings. The van der Waals surface area contributed by atoms with Gasteiger partial charge in [-0.3, -0.25) is 9.59 Å². The van der Waals surface area contributed by atoms with Crippen LogP contribution in [0.25, 0.3) is 0 Å². The third-order valence-corrected chi connectivity index (χ3v) is 6.99. The molecular formula is C15H15ClN2O5S2. The summed E-state index contributed by atoms with van der Waals surface area (Å²) in [5.41, 5.74) is 5.87. The van der Waals surface area contributed by atoms with E-state index in [1.807, 2.05) is 0 Å². The number of aliphatic hydroxyl groups is 1. The summed E-state index contributed by atoms with van der Waals surface area (Å²) >= 11 is 6.69. The Balaban J connectivity index is 2.55. The molecule has 10 heteroatoms. The van der Waals surface area contributed by atoms with Gasteiger partial charge in [-0.25, -0.2) is 8.42 Å². The summed E-state index contributed by atoms with van der Waals surface area (Å²) in [6, 6.07) is 5.55. The average molecular weight is 403 g/mol. The van der Waals surface area contributed by atoms with E-state index in [2.05, 4.69) is 5.32 Å². The zero-order valence-corrected chi connectivity index (χ0v) is 15.6. The molecule has 1 aromatic heterocycles. The van der Waals surface area contributed by atoms with Crippen LogP contribution in [0.5, 0.6) is 0 Å². The largest absolute Gasteiger partial charge is 0.384 e. The standard InChI is InChI=1S/C15H15ClN2O5S2/c1-7-3-4-11(10(16)5-7)25(22,23)12-6-9(13(17)20)15(24-12)18-14(21)8(2)19/h3-6,8,19H,1-2H3,(H2,17,20)(H,18,21). The molecule has 1 aromatic carbocycles. The van der Waals surface area contributed by atoms with Gasteiger partial charge in [0.05, 0.1) is 15.5 Å². The van der Waals surface area contributed by atoms with Gasteiger partial charge in [-0.2, -0.15) is 0 Å². The summed E-state index contributed by atoms with van der Waals surface area (Å²) in [5.74, 6) is -1.70. The molecule has 134 valence electrons. The van der Waals surface area contributed by atoms with Crippen LogP contribution in [0.4, 0.5) is 5.00 Å². The Morgan fingerprint density at radius 3 is 2.48 bits per heavy atom. The predicted molar refractivity (Wildman–Crippen MR) is 94.8 cm³/mol. The van der Waals surface area contributed by atoms with Crippen LogP contribution in [0, 0.1) is 6.92 Å². The smallest absolute Gasteiger partial charge is 0.253 e. The Kier molecular flexibility index (Phi) is 5.52. The Hall–Kier alpha value is -1.94. The number of nitrogens with one attached hydrogen (secondary N) is 1. The second-order valence-electron chi connectivity index (χ2n) is 5.28. The number of hydrogen-bond acceptors (Lipinski definition) is 6. The number of nitrogens with two attached hydrogens (primary N) is 1. The normalized spacial score (nSPS) is 12.6. The molecular weight excluding hydrogens is 388 g/mol. The fraction of sp³-hybridized carbons (Fsp3) is 0.200. The summed E-state index contributed by atoms with van der Waals surface area (Å²) in [6.45, 7) is 3.00. The molecule has 0 saturated heterocycles. The highest BCUT2D eigenvalue weighted by atomic mass is 35.5. The van der Waals surface area contributed by atoms with E-state index >= 15 is 0 Å². The first-order valence-corrected chi connectivity index (χ1v) is 9.65. The minimum atomic E-state index is -4.01. The van der Waals surface area contributed by atoms with E-state index in [9.17, 15) is 23.1 Å². The van der Waals surface area contributed by atoms with Crippen LogP contribution in [-0.4, -0.2) is 31.4 Å². The van der Waals surface area contributed by atoms with Gasteiger partial charge in [0.25, 0.3) is 11.8 Å². The van der Waals surface area contributed by atoms with Crippen LogP contribution in [0.2, 0.25) is 5.02 Å². The number of aliphatic hydroxyl groups excluding tert-OH is 1. The van der Waals surface area contributed by atoms with Gasteiger partial charge in [0.1, 0.15) is 15.3 Å². The van der Waals surface area contributed by atoms with Crippen LogP contribution >= 0.6 is 22.9 Å². The molecule has 0 spiro atoms. The third kappa shape index (κ3) is 4.01. The lowest BCUT2D eigenvalue weighted by molar-refractivity contribution is -0.123. The SMILES string of the molecule is Cc1ccc(S(=O)(=O)c2cc(C(N)=O)c(NC(=O)C(C)O)s2)c(Cl)c1. The number of benzene rings is 1. The van der Waals surface area contributed by atoms with Gasteiger partial charge in [-0.15, -0.1) is 11.3 Å². The van der Waals surface area contributed by atoms with Gasteiger partial charge in [0.2, 0.25) is 9.84 Å². The molecule has 1 heterocycles. The van der Waals surface area contributed by atoms with Crippen LogP contribution < -0.4 is 11.1 Å². The molecule has 0 fully saturated rings. The lowest BCUT2D eigenvalue weighted by Gasteiger charge is -2.06. The number of rotatable bonds is 5. The Bertz CT molecular complexity index is 951. The third-order valence-electron chi connectivity index (χ3n) is 3.23. The van der Waals surface area contributed by atoms with E-state index in [4.69, 9.17) is 17.3 Å². The van der Waals surface area contributed by atoms with Crippen molar-refractivity contribution in [1.29, 1.82) is 0 Å². The molecule has 0 radical (unpaired) electrons. The van der Waals surface area contributed by atoms with Crippen LogP contribution in [0.15, 0.2) is 33.4 Å². The topological polar surface area (TPSA) is 127 Å². The van der Waals surface area contributed by atoms with Crippen LogP contribution in [0.3, 0.4) is 0 Å². The maximum absolute atomic E-state index is 12.8. The van der Waals surface area contributed by atoms with Crippen LogP contribution in [-0.2, 0) is 14.6 Å². The molecule has 0 aliphatic heterocycles. The van der Waals surface area contributed by atoms with E-state index in [1.54, 1.807) is 13.0 Å². The molecule has 2 amide bonds. The van der Waals surface area contributed by atoms with Crippen molar-refractivity contribution in [2.75, 3.05) is 5.32 Å². The van der Waals surface area contributed by atoms with Crippen molar-refractivity contribution in [3.05, 3.63) is 40.4 Å². The van der Waals surface area contributed by atoms with Crippen molar-refractivity contribution in [2.24, 2.45) is 5.73 Å². The first kappa shape index (κ1) is 19.4. The fourth-order valence-electron chi connectivity index (χ4n) is 1.93. The van der Waals surface area contributed by atoms with Crippen molar-refractivity contribution in [1.82, 2.24) is 0 Å².